The van der Waals surface area contributed by atoms with E-state index >= 15 is 0 Å². The van der Waals surface area contributed by atoms with Gasteiger partial charge in [0.25, 0.3) is 11.6 Å². The zero-order valence-corrected chi connectivity index (χ0v) is 12.4. The lowest BCUT2D eigenvalue weighted by Crippen LogP contribution is -2.17. The Hall–Kier alpha value is -1.97. The molecule has 3 rings (SSSR count). The molecule has 0 saturated carbocycles. The Morgan fingerprint density at radius 3 is 3.14 bits per heavy atom. The van der Waals surface area contributed by atoms with Gasteiger partial charge in [0.05, 0.1) is 17.1 Å². The molecule has 1 aliphatic rings. The van der Waals surface area contributed by atoms with Gasteiger partial charge in [0.1, 0.15) is 12.2 Å². The summed E-state index contributed by atoms with van der Waals surface area (Å²) in [6, 6.07) is 9.15. The van der Waals surface area contributed by atoms with Crippen LogP contribution >= 0.6 is 23.4 Å². The van der Waals surface area contributed by atoms with E-state index in [2.05, 4.69) is 4.98 Å². The van der Waals surface area contributed by atoms with Crippen LogP contribution in [0.25, 0.3) is 0 Å². The van der Waals surface area contributed by atoms with Crippen LogP contribution in [0.15, 0.2) is 40.2 Å². The molecule has 0 N–H and O–H groups in total. The summed E-state index contributed by atoms with van der Waals surface area (Å²) in [6.45, 7) is 0.666. The number of hydrogen-bond donors (Lipinski definition) is 0. The molecule has 0 saturated heterocycles. The summed E-state index contributed by atoms with van der Waals surface area (Å²) in [5, 5.41) is 9.29. The topological polar surface area (TPSA) is 67.9 Å². The molecule has 0 spiro atoms. The van der Waals surface area contributed by atoms with Crippen molar-refractivity contribution in [2.24, 2.45) is 0 Å². The third-order valence-electron chi connectivity index (χ3n) is 3.02. The van der Waals surface area contributed by atoms with Gasteiger partial charge in [-0.2, -0.15) is 10.2 Å². The molecule has 1 aromatic heterocycles. The van der Waals surface area contributed by atoms with Gasteiger partial charge in [0.2, 0.25) is 0 Å². The molecule has 1 atom stereocenters. The van der Waals surface area contributed by atoms with Gasteiger partial charge in [-0.1, -0.05) is 11.6 Å². The van der Waals surface area contributed by atoms with Crippen molar-refractivity contribution in [2.45, 2.75) is 17.5 Å². The van der Waals surface area contributed by atoms with Gasteiger partial charge >= 0.3 is 0 Å². The Labute approximate surface area is 130 Å². The summed E-state index contributed by atoms with van der Waals surface area (Å²) in [7, 11) is 0. The second kappa shape index (κ2) is 5.80. The predicted octanol–water partition coefficient (Wildman–Crippen LogP) is 2.32. The summed E-state index contributed by atoms with van der Waals surface area (Å²) >= 11 is 7.59. The van der Waals surface area contributed by atoms with E-state index in [0.29, 0.717) is 28.9 Å². The van der Waals surface area contributed by atoms with Crippen LogP contribution in [0.4, 0.5) is 0 Å². The van der Waals surface area contributed by atoms with Crippen LogP contribution in [0.1, 0.15) is 5.56 Å². The highest BCUT2D eigenvalue weighted by atomic mass is 35.5. The summed E-state index contributed by atoms with van der Waals surface area (Å²) in [4.78, 5) is 16.0. The lowest BCUT2D eigenvalue weighted by atomic mass is 10.2. The molecule has 0 amide bonds. The molecule has 0 fully saturated rings. The van der Waals surface area contributed by atoms with Crippen LogP contribution in [-0.2, 0) is 6.54 Å². The molecule has 21 heavy (non-hydrogen) atoms. The van der Waals surface area contributed by atoms with Crippen LogP contribution < -0.4 is 10.3 Å². The van der Waals surface area contributed by atoms with Crippen molar-refractivity contribution in [2.75, 3.05) is 5.75 Å². The fraction of sp³-hybridized carbons (Fsp3) is 0.214. The van der Waals surface area contributed by atoms with Gasteiger partial charge < -0.3 is 4.74 Å². The first-order chi connectivity index (χ1) is 10.2. The van der Waals surface area contributed by atoms with E-state index in [4.69, 9.17) is 21.6 Å². The number of thioether (sulfide) groups is 1. The maximum atomic E-state index is 11.2. The van der Waals surface area contributed by atoms with Gasteiger partial charge in [0.15, 0.2) is 0 Å². The van der Waals surface area contributed by atoms with Crippen molar-refractivity contribution in [3.63, 3.8) is 0 Å². The van der Waals surface area contributed by atoms with Crippen LogP contribution in [0, 0.1) is 11.3 Å². The number of hydrogen-bond acceptors (Lipinski definition) is 5. The summed E-state index contributed by atoms with van der Waals surface area (Å²) in [5.41, 5.74) is 0.168. The maximum Gasteiger partial charge on any atom is 0.300 e. The Morgan fingerprint density at radius 1 is 1.52 bits per heavy atom. The average Bonchev–Trinajstić information content (AvgIpc) is 2.87. The Morgan fingerprint density at radius 2 is 2.38 bits per heavy atom. The number of fused-ring (bicyclic) bond motifs is 1. The number of halogens is 1. The first-order valence-corrected chi connectivity index (χ1v) is 7.58. The van der Waals surface area contributed by atoms with E-state index in [-0.39, 0.29) is 11.7 Å². The molecular formula is C14H10ClN3O2S. The predicted molar refractivity (Wildman–Crippen MR) is 79.8 cm³/mol. The molecule has 106 valence electrons. The first kappa shape index (κ1) is 14.0. The van der Waals surface area contributed by atoms with Gasteiger partial charge in [0, 0.05) is 22.9 Å². The molecule has 7 heteroatoms. The number of nitriles is 1. The minimum atomic E-state index is -0.298. The molecule has 2 aromatic rings. The smallest absolute Gasteiger partial charge is 0.300 e. The molecule has 0 bridgehead atoms. The molecular weight excluding hydrogens is 310 g/mol. The highest BCUT2D eigenvalue weighted by Crippen LogP contribution is 2.27. The van der Waals surface area contributed by atoms with Crippen LogP contribution in [0.5, 0.6) is 6.01 Å². The number of ether oxygens (including phenoxy) is 1. The van der Waals surface area contributed by atoms with Gasteiger partial charge in [-0.05, 0) is 18.2 Å². The minimum Gasteiger partial charge on any atom is -0.458 e. The van der Waals surface area contributed by atoms with Crippen molar-refractivity contribution in [1.29, 1.82) is 5.26 Å². The van der Waals surface area contributed by atoms with Crippen molar-refractivity contribution >= 4 is 23.4 Å². The van der Waals surface area contributed by atoms with Crippen molar-refractivity contribution < 1.29 is 4.74 Å². The van der Waals surface area contributed by atoms with Crippen LogP contribution in [0.3, 0.4) is 0 Å². The minimum absolute atomic E-state index is 0.0429. The quantitative estimate of drug-likeness (QED) is 0.812. The highest BCUT2D eigenvalue weighted by molar-refractivity contribution is 7.99. The molecule has 0 aliphatic carbocycles. The van der Waals surface area contributed by atoms with Crippen molar-refractivity contribution in [1.82, 2.24) is 9.55 Å². The maximum absolute atomic E-state index is 11.2. The molecule has 5 nitrogen and oxygen atoms in total. The summed E-state index contributed by atoms with van der Waals surface area (Å²) in [6.07, 6.45) is 1.65. The molecule has 1 aromatic carbocycles. The first-order valence-electron chi connectivity index (χ1n) is 6.22. The molecule has 1 unspecified atom stereocenters. The SMILES string of the molecule is N#Cc1ccc(SCC2Cn3ccc(=O)nc3O2)cc1Cl. The molecule has 2 heterocycles. The number of nitrogens with zero attached hydrogens (tertiary/aromatic N) is 3. The fourth-order valence-electron chi connectivity index (χ4n) is 2.00. The second-order valence-corrected chi connectivity index (χ2v) is 6.01. The molecule has 0 radical (unpaired) electrons. The third kappa shape index (κ3) is 3.04. The second-order valence-electron chi connectivity index (χ2n) is 4.51. The Bertz CT molecular complexity index is 785. The Balaban J connectivity index is 1.64. The standard InChI is InChI=1S/C14H10ClN3O2S/c15-12-5-11(2-1-9(12)6-16)21-8-10-7-18-4-3-13(19)17-14(18)20-10/h1-5,10H,7-8H2. The number of rotatable bonds is 3. The van der Waals surface area contributed by atoms with Gasteiger partial charge in [-0.3, -0.25) is 9.36 Å². The summed E-state index contributed by atoms with van der Waals surface area (Å²) in [5.74, 6) is 0.708. The number of aromatic nitrogens is 2. The normalized spacial score (nSPS) is 16.1. The lowest BCUT2D eigenvalue weighted by molar-refractivity contribution is 0.250. The van der Waals surface area contributed by atoms with Crippen molar-refractivity contribution in [3.05, 3.63) is 51.4 Å². The molecule has 1 aliphatic heterocycles. The van der Waals surface area contributed by atoms with Gasteiger partial charge in [-0.15, -0.1) is 11.8 Å². The van der Waals surface area contributed by atoms with Crippen LogP contribution in [-0.4, -0.2) is 21.4 Å². The van der Waals surface area contributed by atoms with E-state index in [0.717, 1.165) is 4.90 Å². The fourth-order valence-corrected chi connectivity index (χ4v) is 3.21. The van der Waals surface area contributed by atoms with Crippen LogP contribution in [0.2, 0.25) is 5.02 Å². The van der Waals surface area contributed by atoms with E-state index in [1.165, 1.54) is 6.07 Å². The van der Waals surface area contributed by atoms with E-state index < -0.39 is 0 Å². The monoisotopic (exact) mass is 319 g/mol. The van der Waals surface area contributed by atoms with E-state index in [1.807, 2.05) is 16.7 Å². The summed E-state index contributed by atoms with van der Waals surface area (Å²) < 4.78 is 7.45. The lowest BCUT2D eigenvalue weighted by Gasteiger charge is -2.08. The third-order valence-corrected chi connectivity index (χ3v) is 4.46. The zero-order valence-electron chi connectivity index (χ0n) is 10.8. The van der Waals surface area contributed by atoms with Gasteiger partial charge in [-0.25, -0.2) is 0 Å². The van der Waals surface area contributed by atoms with E-state index in [9.17, 15) is 4.79 Å². The highest BCUT2D eigenvalue weighted by Gasteiger charge is 2.23. The zero-order chi connectivity index (χ0) is 14.8. The number of benzene rings is 1. The Kier molecular flexibility index (Phi) is 3.86. The van der Waals surface area contributed by atoms with E-state index in [1.54, 1.807) is 30.1 Å². The average molecular weight is 320 g/mol. The largest absolute Gasteiger partial charge is 0.458 e. The van der Waals surface area contributed by atoms with Crippen molar-refractivity contribution in [3.8, 4) is 12.1 Å².